The molecule has 0 unspecified atom stereocenters. The highest BCUT2D eigenvalue weighted by Gasteiger charge is 2.13. The van der Waals surface area contributed by atoms with Crippen LogP contribution >= 0.6 is 15.9 Å². The van der Waals surface area contributed by atoms with E-state index in [-0.39, 0.29) is 5.56 Å². The predicted octanol–water partition coefficient (Wildman–Crippen LogP) is 2.54. The van der Waals surface area contributed by atoms with E-state index in [0.717, 1.165) is 12.2 Å². The Morgan fingerprint density at radius 2 is 2.32 bits per heavy atom. The summed E-state index contributed by atoms with van der Waals surface area (Å²) >= 11 is 3.25. The van der Waals surface area contributed by atoms with Crippen LogP contribution in [-0.4, -0.2) is 27.2 Å². The summed E-state index contributed by atoms with van der Waals surface area (Å²) in [5.41, 5.74) is 0.860. The number of aromatic carboxylic acids is 1. The molecule has 2 rings (SSSR count). The zero-order valence-electron chi connectivity index (χ0n) is 10.4. The van der Waals surface area contributed by atoms with Crippen molar-refractivity contribution >= 4 is 27.6 Å². The van der Waals surface area contributed by atoms with Crippen LogP contribution in [0.15, 0.2) is 35.1 Å². The van der Waals surface area contributed by atoms with Crippen LogP contribution in [0.4, 0.5) is 5.69 Å². The average molecular weight is 324 g/mol. The molecule has 0 saturated heterocycles. The Morgan fingerprint density at radius 3 is 2.95 bits per heavy atom. The number of carboxylic acid groups (broad SMARTS) is 1. The molecule has 0 spiro atoms. The number of anilines is 1. The number of nitrogens with zero attached hydrogens (tertiary/aromatic N) is 2. The summed E-state index contributed by atoms with van der Waals surface area (Å²) < 4.78 is 2.52. The predicted molar refractivity (Wildman–Crippen MR) is 76.5 cm³/mol. The molecule has 0 aliphatic carbocycles. The third-order valence-corrected chi connectivity index (χ3v) is 3.47. The molecule has 2 aromatic rings. The van der Waals surface area contributed by atoms with Crippen molar-refractivity contribution in [1.29, 1.82) is 0 Å². The summed E-state index contributed by atoms with van der Waals surface area (Å²) in [5.74, 6) is 0.00587. The Bertz CT molecular complexity index is 595. The molecule has 0 aliphatic heterocycles. The van der Waals surface area contributed by atoms with E-state index in [0.29, 0.717) is 16.7 Å². The molecule has 5 nitrogen and oxygen atoms in total. The van der Waals surface area contributed by atoms with E-state index in [1.807, 2.05) is 17.8 Å². The zero-order valence-corrected chi connectivity index (χ0v) is 12.0. The Labute approximate surface area is 119 Å². The first-order chi connectivity index (χ1) is 9.09. The Morgan fingerprint density at radius 1 is 1.53 bits per heavy atom. The highest BCUT2D eigenvalue weighted by Crippen LogP contribution is 2.24. The molecule has 0 bridgehead atoms. The van der Waals surface area contributed by atoms with Gasteiger partial charge in [0.15, 0.2) is 0 Å². The summed E-state index contributed by atoms with van der Waals surface area (Å²) in [7, 11) is 1.93. The van der Waals surface area contributed by atoms with Crippen molar-refractivity contribution < 1.29 is 9.90 Å². The lowest BCUT2D eigenvalue weighted by Gasteiger charge is -2.10. The van der Waals surface area contributed by atoms with E-state index in [1.165, 1.54) is 0 Å². The summed E-state index contributed by atoms with van der Waals surface area (Å²) in [4.78, 5) is 15.4. The molecule has 2 N–H and O–H groups in total. The largest absolute Gasteiger partial charge is 0.478 e. The van der Waals surface area contributed by atoms with Gasteiger partial charge in [0, 0.05) is 42.6 Å². The van der Waals surface area contributed by atoms with E-state index < -0.39 is 5.97 Å². The van der Waals surface area contributed by atoms with Crippen molar-refractivity contribution in [3.05, 3.63) is 46.5 Å². The van der Waals surface area contributed by atoms with Crippen molar-refractivity contribution in [2.24, 2.45) is 7.05 Å². The van der Waals surface area contributed by atoms with Gasteiger partial charge in [-0.05, 0) is 28.1 Å². The van der Waals surface area contributed by atoms with Crippen LogP contribution in [0, 0.1) is 0 Å². The Hall–Kier alpha value is -1.82. The number of benzene rings is 1. The van der Waals surface area contributed by atoms with Crippen LogP contribution in [0.2, 0.25) is 0 Å². The first-order valence-electron chi connectivity index (χ1n) is 5.81. The molecule has 0 aliphatic rings. The van der Waals surface area contributed by atoms with Gasteiger partial charge in [-0.25, -0.2) is 9.78 Å². The van der Waals surface area contributed by atoms with Crippen molar-refractivity contribution in [1.82, 2.24) is 9.55 Å². The van der Waals surface area contributed by atoms with Crippen LogP contribution in [0.1, 0.15) is 16.2 Å². The van der Waals surface area contributed by atoms with E-state index in [1.54, 1.807) is 24.4 Å². The minimum Gasteiger partial charge on any atom is -0.478 e. The molecule has 6 heteroatoms. The highest BCUT2D eigenvalue weighted by molar-refractivity contribution is 9.10. The number of aryl methyl sites for hydroxylation is 1. The fourth-order valence-electron chi connectivity index (χ4n) is 1.84. The van der Waals surface area contributed by atoms with Crippen molar-refractivity contribution in [2.45, 2.75) is 6.42 Å². The zero-order chi connectivity index (χ0) is 13.8. The van der Waals surface area contributed by atoms with Gasteiger partial charge in [0.05, 0.1) is 5.56 Å². The summed E-state index contributed by atoms with van der Waals surface area (Å²) in [6, 6.07) is 5.28. The van der Waals surface area contributed by atoms with Crippen LogP contribution in [0.5, 0.6) is 0 Å². The number of imidazole rings is 1. The SMILES string of the molecule is Cn1ccnc1CCNc1cccc(Br)c1C(=O)O. The van der Waals surface area contributed by atoms with Crippen LogP contribution in [0.25, 0.3) is 0 Å². The number of hydrogen-bond acceptors (Lipinski definition) is 3. The molecule has 1 aromatic heterocycles. The number of aromatic nitrogens is 2. The fourth-order valence-corrected chi connectivity index (χ4v) is 2.37. The van der Waals surface area contributed by atoms with Gasteiger partial charge in [0.2, 0.25) is 0 Å². The number of carbonyl (C=O) groups is 1. The molecule has 0 atom stereocenters. The van der Waals surface area contributed by atoms with Gasteiger partial charge in [-0.2, -0.15) is 0 Å². The van der Waals surface area contributed by atoms with Gasteiger partial charge in [-0.15, -0.1) is 0 Å². The second-order valence-corrected chi connectivity index (χ2v) is 4.95. The quantitative estimate of drug-likeness (QED) is 0.887. The molecule has 0 amide bonds. The standard InChI is InChI=1S/C13H14BrN3O2/c1-17-8-7-16-11(17)5-6-15-10-4-2-3-9(14)12(10)13(18)19/h2-4,7-8,15H,5-6H2,1H3,(H,18,19). The maximum Gasteiger partial charge on any atom is 0.338 e. The molecule has 1 heterocycles. The van der Waals surface area contributed by atoms with Gasteiger partial charge in [0.1, 0.15) is 5.82 Å². The molecule has 0 radical (unpaired) electrons. The summed E-state index contributed by atoms with van der Waals surface area (Å²) in [5, 5.41) is 12.3. The lowest BCUT2D eigenvalue weighted by molar-refractivity contribution is 0.0697. The normalized spacial score (nSPS) is 10.4. The first-order valence-corrected chi connectivity index (χ1v) is 6.60. The minimum atomic E-state index is -0.952. The van der Waals surface area contributed by atoms with Gasteiger partial charge in [-0.3, -0.25) is 0 Å². The minimum absolute atomic E-state index is 0.252. The third kappa shape index (κ3) is 3.14. The second kappa shape index (κ2) is 5.88. The van der Waals surface area contributed by atoms with Crippen LogP contribution in [-0.2, 0) is 13.5 Å². The Balaban J connectivity index is 2.06. The number of halogens is 1. The monoisotopic (exact) mass is 323 g/mol. The third-order valence-electron chi connectivity index (χ3n) is 2.81. The molecular formula is C13H14BrN3O2. The maximum absolute atomic E-state index is 11.2. The van der Waals surface area contributed by atoms with Crippen molar-refractivity contribution in [3.8, 4) is 0 Å². The van der Waals surface area contributed by atoms with Gasteiger partial charge in [-0.1, -0.05) is 6.07 Å². The molecule has 0 fully saturated rings. The average Bonchev–Trinajstić information content (AvgIpc) is 2.75. The van der Waals surface area contributed by atoms with E-state index in [2.05, 4.69) is 26.2 Å². The van der Waals surface area contributed by atoms with E-state index >= 15 is 0 Å². The Kier molecular flexibility index (Phi) is 4.21. The summed E-state index contributed by atoms with van der Waals surface area (Å²) in [6.45, 7) is 0.627. The van der Waals surface area contributed by atoms with Crippen molar-refractivity contribution in [3.63, 3.8) is 0 Å². The molecule has 0 saturated carbocycles. The van der Waals surface area contributed by atoms with E-state index in [4.69, 9.17) is 0 Å². The fraction of sp³-hybridized carbons (Fsp3) is 0.231. The van der Waals surface area contributed by atoms with Crippen molar-refractivity contribution in [2.75, 3.05) is 11.9 Å². The lowest BCUT2D eigenvalue weighted by atomic mass is 10.2. The first kappa shape index (κ1) is 13.6. The number of carboxylic acids is 1. The molecule has 100 valence electrons. The van der Waals surface area contributed by atoms with Crippen LogP contribution in [0.3, 0.4) is 0 Å². The summed E-state index contributed by atoms with van der Waals surface area (Å²) in [6.07, 6.45) is 4.36. The van der Waals surface area contributed by atoms with Crippen LogP contribution < -0.4 is 5.32 Å². The number of hydrogen-bond donors (Lipinski definition) is 2. The topological polar surface area (TPSA) is 67.2 Å². The number of rotatable bonds is 5. The number of nitrogens with one attached hydrogen (secondary N) is 1. The lowest BCUT2D eigenvalue weighted by Crippen LogP contribution is -2.12. The molecule has 19 heavy (non-hydrogen) atoms. The van der Waals surface area contributed by atoms with Gasteiger partial charge >= 0.3 is 5.97 Å². The van der Waals surface area contributed by atoms with E-state index in [9.17, 15) is 9.90 Å². The van der Waals surface area contributed by atoms with Gasteiger partial charge in [0.25, 0.3) is 0 Å². The smallest absolute Gasteiger partial charge is 0.338 e. The second-order valence-electron chi connectivity index (χ2n) is 4.10. The molecular weight excluding hydrogens is 310 g/mol. The molecule has 1 aromatic carbocycles. The van der Waals surface area contributed by atoms with Gasteiger partial charge < -0.3 is 15.0 Å². The highest BCUT2D eigenvalue weighted by atomic mass is 79.9. The maximum atomic E-state index is 11.2.